The van der Waals surface area contributed by atoms with E-state index in [0.29, 0.717) is 22.8 Å². The molecule has 31 heavy (non-hydrogen) atoms. The predicted molar refractivity (Wildman–Crippen MR) is 123 cm³/mol. The fourth-order valence-corrected chi connectivity index (χ4v) is 4.40. The SMILES string of the molecule is CC(C)(C)c1ccc(C(=O)N(CCCn2ccnc2)c2nc3ccc(F)cc3s2)cc1. The highest BCUT2D eigenvalue weighted by Crippen LogP contribution is 2.31. The molecule has 1 amide bonds. The van der Waals surface area contributed by atoms with Gasteiger partial charge in [0.05, 0.1) is 16.5 Å². The number of halogens is 1. The first-order chi connectivity index (χ1) is 14.8. The van der Waals surface area contributed by atoms with Crippen LogP contribution in [0.15, 0.2) is 61.2 Å². The van der Waals surface area contributed by atoms with E-state index in [2.05, 4.69) is 30.7 Å². The van der Waals surface area contributed by atoms with Crippen molar-refractivity contribution in [3.63, 3.8) is 0 Å². The number of aryl methyl sites for hydroxylation is 1. The van der Waals surface area contributed by atoms with E-state index >= 15 is 0 Å². The molecule has 5 nitrogen and oxygen atoms in total. The Morgan fingerprint density at radius 3 is 2.61 bits per heavy atom. The van der Waals surface area contributed by atoms with E-state index in [9.17, 15) is 9.18 Å². The maximum absolute atomic E-state index is 13.7. The number of hydrogen-bond acceptors (Lipinski definition) is 4. The molecule has 0 aliphatic carbocycles. The number of benzene rings is 2. The van der Waals surface area contributed by atoms with Crippen molar-refractivity contribution in [2.45, 2.75) is 39.2 Å². The number of hydrogen-bond donors (Lipinski definition) is 0. The van der Waals surface area contributed by atoms with Crippen molar-refractivity contribution in [2.75, 3.05) is 11.4 Å². The number of aromatic nitrogens is 3. The summed E-state index contributed by atoms with van der Waals surface area (Å²) < 4.78 is 16.4. The molecule has 2 heterocycles. The van der Waals surface area contributed by atoms with Gasteiger partial charge in [-0.3, -0.25) is 9.69 Å². The van der Waals surface area contributed by atoms with Crippen LogP contribution in [0.3, 0.4) is 0 Å². The summed E-state index contributed by atoms with van der Waals surface area (Å²) in [6.45, 7) is 7.68. The monoisotopic (exact) mass is 436 g/mol. The molecule has 0 bridgehead atoms. The quantitative estimate of drug-likeness (QED) is 0.391. The summed E-state index contributed by atoms with van der Waals surface area (Å²) in [6.07, 6.45) is 6.14. The van der Waals surface area contributed by atoms with Crippen LogP contribution in [0.2, 0.25) is 0 Å². The molecule has 0 N–H and O–H groups in total. The average molecular weight is 437 g/mol. The number of fused-ring (bicyclic) bond motifs is 1. The third-order valence-corrected chi connectivity index (χ3v) is 6.21. The highest BCUT2D eigenvalue weighted by molar-refractivity contribution is 7.22. The molecule has 7 heteroatoms. The Labute approximate surface area is 185 Å². The van der Waals surface area contributed by atoms with E-state index in [0.717, 1.165) is 17.7 Å². The Hall–Kier alpha value is -3.06. The first kappa shape index (κ1) is 21.2. The molecule has 0 spiro atoms. The number of rotatable bonds is 6. The largest absolute Gasteiger partial charge is 0.337 e. The molecule has 0 unspecified atom stereocenters. The standard InChI is InChI=1S/C24H25FN4OS/c1-24(2,3)18-7-5-17(6-8-18)22(30)29(13-4-12-28-14-11-26-16-28)23-27-20-10-9-19(25)15-21(20)31-23/h5-11,14-16H,4,12-13H2,1-3H3. The number of thiazole rings is 1. The molecule has 2 aromatic carbocycles. The fraction of sp³-hybridized carbons (Fsp3) is 0.292. The van der Waals surface area contributed by atoms with Crippen LogP contribution in [-0.2, 0) is 12.0 Å². The lowest BCUT2D eigenvalue weighted by atomic mass is 9.86. The summed E-state index contributed by atoms with van der Waals surface area (Å²) in [4.78, 5) is 23.8. The van der Waals surface area contributed by atoms with Crippen molar-refractivity contribution in [1.29, 1.82) is 0 Å². The van der Waals surface area contributed by atoms with Gasteiger partial charge in [0.1, 0.15) is 5.82 Å². The van der Waals surface area contributed by atoms with Gasteiger partial charge in [-0.2, -0.15) is 0 Å². The van der Waals surface area contributed by atoms with Crippen LogP contribution in [0.25, 0.3) is 10.2 Å². The number of anilines is 1. The van der Waals surface area contributed by atoms with E-state index in [-0.39, 0.29) is 17.1 Å². The van der Waals surface area contributed by atoms with Gasteiger partial charge in [0, 0.05) is 31.0 Å². The summed E-state index contributed by atoms with van der Waals surface area (Å²) in [5.41, 5.74) is 2.49. The lowest BCUT2D eigenvalue weighted by Gasteiger charge is -2.22. The van der Waals surface area contributed by atoms with Crippen LogP contribution in [0.4, 0.5) is 9.52 Å². The summed E-state index contributed by atoms with van der Waals surface area (Å²) in [7, 11) is 0. The molecule has 4 rings (SSSR count). The molecular formula is C24H25FN4OS. The van der Waals surface area contributed by atoms with Gasteiger partial charge in [-0.1, -0.05) is 44.2 Å². The second kappa shape index (κ2) is 8.59. The zero-order chi connectivity index (χ0) is 22.0. The predicted octanol–water partition coefficient (Wildman–Crippen LogP) is 5.67. The van der Waals surface area contributed by atoms with Crippen molar-refractivity contribution in [1.82, 2.24) is 14.5 Å². The van der Waals surface area contributed by atoms with Crippen LogP contribution < -0.4 is 4.90 Å². The zero-order valence-corrected chi connectivity index (χ0v) is 18.7. The van der Waals surface area contributed by atoms with Gasteiger partial charge >= 0.3 is 0 Å². The Balaban J connectivity index is 1.62. The molecule has 2 aromatic heterocycles. The molecule has 0 saturated carbocycles. The third kappa shape index (κ3) is 4.82. The van der Waals surface area contributed by atoms with Gasteiger partial charge in [-0.05, 0) is 47.7 Å². The molecule has 0 radical (unpaired) electrons. The van der Waals surface area contributed by atoms with E-state index in [1.165, 1.54) is 29.0 Å². The Bertz CT molecular complexity index is 1180. The molecule has 4 aromatic rings. The molecule has 0 aliphatic rings. The molecule has 160 valence electrons. The van der Waals surface area contributed by atoms with E-state index in [1.54, 1.807) is 23.5 Å². The van der Waals surface area contributed by atoms with Crippen molar-refractivity contribution >= 4 is 32.6 Å². The van der Waals surface area contributed by atoms with Crippen LogP contribution in [-0.4, -0.2) is 27.0 Å². The lowest BCUT2D eigenvalue weighted by Crippen LogP contribution is -2.32. The van der Waals surface area contributed by atoms with Crippen molar-refractivity contribution in [2.24, 2.45) is 0 Å². The Morgan fingerprint density at radius 1 is 1.16 bits per heavy atom. The minimum atomic E-state index is -0.307. The van der Waals surface area contributed by atoms with Crippen LogP contribution in [0.5, 0.6) is 0 Å². The molecule has 0 fully saturated rings. The van der Waals surface area contributed by atoms with Gasteiger partial charge < -0.3 is 4.57 Å². The highest BCUT2D eigenvalue weighted by Gasteiger charge is 2.22. The normalized spacial score (nSPS) is 11.7. The molecular weight excluding hydrogens is 411 g/mol. The summed E-state index contributed by atoms with van der Waals surface area (Å²) in [5.74, 6) is -0.413. The Kier molecular flexibility index (Phi) is 5.87. The van der Waals surface area contributed by atoms with Crippen LogP contribution in [0.1, 0.15) is 43.1 Å². The number of imidazole rings is 1. The Morgan fingerprint density at radius 2 is 1.94 bits per heavy atom. The first-order valence-electron chi connectivity index (χ1n) is 10.3. The summed E-state index contributed by atoms with van der Waals surface area (Å²) in [5, 5.41) is 0.580. The minimum absolute atomic E-state index is 0.0170. The number of carbonyl (C=O) groups excluding carboxylic acids is 1. The minimum Gasteiger partial charge on any atom is -0.337 e. The van der Waals surface area contributed by atoms with Gasteiger partial charge in [-0.25, -0.2) is 14.4 Å². The van der Waals surface area contributed by atoms with Crippen LogP contribution >= 0.6 is 11.3 Å². The van der Waals surface area contributed by atoms with Gasteiger partial charge in [0.15, 0.2) is 5.13 Å². The number of carbonyl (C=O) groups is 1. The maximum atomic E-state index is 13.7. The van der Waals surface area contributed by atoms with E-state index in [1.807, 2.05) is 35.0 Å². The average Bonchev–Trinajstić information content (AvgIpc) is 3.39. The van der Waals surface area contributed by atoms with Crippen molar-refractivity contribution in [3.8, 4) is 0 Å². The van der Waals surface area contributed by atoms with Crippen molar-refractivity contribution in [3.05, 3.63) is 78.1 Å². The molecule has 0 atom stereocenters. The molecule has 0 aliphatic heterocycles. The smallest absolute Gasteiger partial charge is 0.260 e. The topological polar surface area (TPSA) is 51.0 Å². The number of nitrogens with zero attached hydrogens (tertiary/aromatic N) is 4. The number of amides is 1. The second-order valence-corrected chi connectivity index (χ2v) is 9.56. The first-order valence-corrected chi connectivity index (χ1v) is 11.1. The summed E-state index contributed by atoms with van der Waals surface area (Å²) in [6, 6.07) is 12.3. The zero-order valence-electron chi connectivity index (χ0n) is 17.9. The van der Waals surface area contributed by atoms with E-state index < -0.39 is 0 Å². The van der Waals surface area contributed by atoms with Crippen molar-refractivity contribution < 1.29 is 9.18 Å². The second-order valence-electron chi connectivity index (χ2n) is 8.55. The summed E-state index contributed by atoms with van der Waals surface area (Å²) >= 11 is 1.33. The maximum Gasteiger partial charge on any atom is 0.260 e. The van der Waals surface area contributed by atoms with Gasteiger partial charge in [0.25, 0.3) is 5.91 Å². The fourth-order valence-electron chi connectivity index (χ4n) is 3.38. The van der Waals surface area contributed by atoms with E-state index in [4.69, 9.17) is 0 Å². The highest BCUT2D eigenvalue weighted by atomic mass is 32.1. The van der Waals surface area contributed by atoms with Gasteiger partial charge in [-0.15, -0.1) is 0 Å². The van der Waals surface area contributed by atoms with Gasteiger partial charge in [0.2, 0.25) is 0 Å². The lowest BCUT2D eigenvalue weighted by molar-refractivity contribution is 0.0986. The van der Waals surface area contributed by atoms with Crippen LogP contribution in [0, 0.1) is 5.82 Å². The third-order valence-electron chi connectivity index (χ3n) is 5.17. The molecule has 0 saturated heterocycles.